The Morgan fingerprint density at radius 3 is 2.13 bits per heavy atom. The number of likely N-dealkylation sites (N-methyl/N-ethyl adjacent to an activating group) is 2. The Morgan fingerprint density at radius 1 is 0.822 bits per heavy atom. The summed E-state index contributed by atoms with van der Waals surface area (Å²) in [6.07, 6.45) is 5.36. The molecule has 0 saturated carbocycles. The Labute approximate surface area is 269 Å². The van der Waals surface area contributed by atoms with Crippen LogP contribution in [-0.4, -0.2) is 97.7 Å². The van der Waals surface area contributed by atoms with Crippen molar-refractivity contribution in [3.05, 3.63) is 96.1 Å². The van der Waals surface area contributed by atoms with Gasteiger partial charge in [0.25, 0.3) is 0 Å². The van der Waals surface area contributed by atoms with Crippen LogP contribution in [0, 0.1) is 0 Å². The van der Waals surface area contributed by atoms with Crippen molar-refractivity contribution in [2.75, 3.05) is 47.8 Å². The van der Waals surface area contributed by atoms with E-state index in [4.69, 9.17) is 5.73 Å². The number of benzene rings is 3. The predicted octanol–water partition coefficient (Wildman–Crippen LogP) is 4.07. The molecule has 3 aromatic carbocycles. The average Bonchev–Trinajstić information content (AvgIpc) is 3.00. The van der Waals surface area contributed by atoms with Crippen LogP contribution < -0.4 is 11.1 Å². The van der Waals surface area contributed by atoms with Gasteiger partial charge >= 0.3 is 0 Å². The van der Waals surface area contributed by atoms with Crippen molar-refractivity contribution in [3.8, 4) is 0 Å². The van der Waals surface area contributed by atoms with Gasteiger partial charge in [-0.05, 0) is 88.3 Å². The van der Waals surface area contributed by atoms with Crippen molar-refractivity contribution in [2.24, 2.45) is 5.73 Å². The fourth-order valence-electron chi connectivity index (χ4n) is 5.26. The summed E-state index contributed by atoms with van der Waals surface area (Å²) >= 11 is 0. The quantitative estimate of drug-likeness (QED) is 0.176. The highest BCUT2D eigenvalue weighted by atomic mass is 16.2. The van der Waals surface area contributed by atoms with Crippen LogP contribution in [-0.2, 0) is 27.2 Å². The minimum Gasteiger partial charge on any atom is -0.334 e. The van der Waals surface area contributed by atoms with Gasteiger partial charge in [0.15, 0.2) is 5.78 Å². The minimum absolute atomic E-state index is 0.0666. The van der Waals surface area contributed by atoms with E-state index in [0.29, 0.717) is 25.8 Å². The molecule has 0 radical (unpaired) electrons. The largest absolute Gasteiger partial charge is 0.334 e. The normalized spacial score (nSPS) is 13.2. The van der Waals surface area contributed by atoms with Crippen molar-refractivity contribution < 1.29 is 14.4 Å². The van der Waals surface area contributed by atoms with Crippen molar-refractivity contribution >= 4 is 28.4 Å². The van der Waals surface area contributed by atoms with Gasteiger partial charge < -0.3 is 25.8 Å². The summed E-state index contributed by atoms with van der Waals surface area (Å²) in [5, 5.41) is 5.43. The summed E-state index contributed by atoms with van der Waals surface area (Å²) in [5.74, 6) is -0.642. The fourth-order valence-corrected chi connectivity index (χ4v) is 5.26. The molecule has 2 atom stereocenters. The lowest BCUT2D eigenvalue weighted by atomic mass is 9.97. The van der Waals surface area contributed by atoms with Gasteiger partial charge in [0, 0.05) is 26.1 Å². The third-order valence-corrected chi connectivity index (χ3v) is 7.96. The van der Waals surface area contributed by atoms with Gasteiger partial charge in [-0.3, -0.25) is 14.4 Å². The molecule has 0 aliphatic carbocycles. The second-order valence-corrected chi connectivity index (χ2v) is 12.9. The van der Waals surface area contributed by atoms with Gasteiger partial charge in [0.05, 0.1) is 12.6 Å². The lowest BCUT2D eigenvalue weighted by molar-refractivity contribution is -0.145. The van der Waals surface area contributed by atoms with Crippen molar-refractivity contribution in [1.29, 1.82) is 0 Å². The maximum Gasteiger partial charge on any atom is 0.246 e. The molecular weight excluding hydrogens is 562 g/mol. The third-order valence-electron chi connectivity index (χ3n) is 7.96. The Balaban J connectivity index is 1.89. The lowest BCUT2D eigenvalue weighted by Gasteiger charge is -2.34. The van der Waals surface area contributed by atoms with Gasteiger partial charge in [-0.25, -0.2) is 0 Å². The molecule has 0 aliphatic rings. The summed E-state index contributed by atoms with van der Waals surface area (Å²) in [5.41, 5.74) is 7.54. The zero-order valence-electron chi connectivity index (χ0n) is 27.8. The highest BCUT2D eigenvalue weighted by molar-refractivity contribution is 5.96. The number of amides is 2. The smallest absolute Gasteiger partial charge is 0.246 e. The zero-order valence-corrected chi connectivity index (χ0v) is 27.8. The molecular formula is C37H51N5O3. The molecule has 3 N–H and O–H groups in total. The van der Waals surface area contributed by atoms with E-state index in [9.17, 15) is 14.4 Å². The van der Waals surface area contributed by atoms with Crippen LogP contribution in [0.4, 0.5) is 0 Å². The molecule has 0 spiro atoms. The Hall–Kier alpha value is -3.85. The topological polar surface area (TPSA) is 99.0 Å². The van der Waals surface area contributed by atoms with E-state index in [1.54, 1.807) is 25.1 Å². The Bertz CT molecular complexity index is 1430. The first kappa shape index (κ1) is 35.6. The number of hydrogen-bond acceptors (Lipinski definition) is 6. The summed E-state index contributed by atoms with van der Waals surface area (Å²) in [4.78, 5) is 46.6. The monoisotopic (exact) mass is 613 g/mol. The SMILES string of the molecule is CN(C)CCCNCC(=O)[C@H](Cc1ccccc1)N(C)C(=O)[C@H](Cc1ccc2ccccc2c1)N(C)C(=O)/C=C\CC(C)(C)N. The van der Waals surface area contributed by atoms with Crippen molar-refractivity contribution in [3.63, 3.8) is 0 Å². The average molecular weight is 614 g/mol. The standard InChI is InChI=1S/C37H51N5O3/c1-37(2,38)21-12-18-35(44)41(5)33(26-29-19-20-30-16-10-11-17-31(30)24-29)36(45)42(6)32(25-28-14-8-7-9-15-28)34(43)27-39-22-13-23-40(3)4/h7-12,14-20,24,32-33,39H,13,21-23,25-27,38H2,1-6H3/b18-12-/t32-,33-/m0/s1. The number of hydrogen-bond donors (Lipinski definition) is 2. The highest BCUT2D eigenvalue weighted by Crippen LogP contribution is 2.20. The van der Waals surface area contributed by atoms with Crippen molar-refractivity contribution in [1.82, 2.24) is 20.0 Å². The van der Waals surface area contributed by atoms with Gasteiger partial charge in [0.1, 0.15) is 6.04 Å². The number of Topliss-reactive ketones (excluding diaryl/α,β-unsaturated/α-hetero) is 1. The van der Waals surface area contributed by atoms with Crippen molar-refractivity contribution in [2.45, 2.75) is 57.2 Å². The number of nitrogens with two attached hydrogens (primary N) is 1. The molecule has 0 aliphatic heterocycles. The second-order valence-electron chi connectivity index (χ2n) is 12.9. The molecule has 0 fully saturated rings. The number of carbonyl (C=O) groups is 3. The number of ketones is 1. The summed E-state index contributed by atoms with van der Waals surface area (Å²) in [6, 6.07) is 22.4. The third kappa shape index (κ3) is 11.5. The highest BCUT2D eigenvalue weighted by Gasteiger charge is 2.34. The molecule has 8 heteroatoms. The first-order valence-electron chi connectivity index (χ1n) is 15.7. The molecule has 8 nitrogen and oxygen atoms in total. The Kier molecular flexibility index (Phi) is 13.5. The van der Waals surface area contributed by atoms with E-state index in [1.807, 2.05) is 94.7 Å². The number of rotatable bonds is 17. The molecule has 45 heavy (non-hydrogen) atoms. The van der Waals surface area contributed by atoms with Gasteiger partial charge in [0.2, 0.25) is 11.8 Å². The number of fused-ring (bicyclic) bond motifs is 1. The fraction of sp³-hybridized carbons (Fsp3) is 0.432. The second kappa shape index (κ2) is 17.0. The molecule has 242 valence electrons. The van der Waals surface area contributed by atoms with Gasteiger partial charge in [-0.15, -0.1) is 0 Å². The first-order valence-corrected chi connectivity index (χ1v) is 15.7. The van der Waals surface area contributed by atoms with E-state index >= 15 is 0 Å². The van der Waals surface area contributed by atoms with Crippen LogP contribution >= 0.6 is 0 Å². The number of carbonyl (C=O) groups excluding carboxylic acids is 3. The molecule has 2 amide bonds. The molecule has 3 rings (SSSR count). The van der Waals surface area contributed by atoms with E-state index < -0.39 is 17.6 Å². The van der Waals surface area contributed by atoms with E-state index in [0.717, 1.165) is 34.9 Å². The maximum atomic E-state index is 14.4. The van der Waals surface area contributed by atoms with E-state index in [-0.39, 0.29) is 24.1 Å². The van der Waals surface area contributed by atoms with Gasteiger partial charge in [-0.1, -0.05) is 78.9 Å². The molecule has 0 bridgehead atoms. The molecule has 0 saturated heterocycles. The predicted molar refractivity (Wildman–Crippen MR) is 184 cm³/mol. The summed E-state index contributed by atoms with van der Waals surface area (Å²) in [6.45, 7) is 5.57. The Morgan fingerprint density at radius 2 is 1.47 bits per heavy atom. The van der Waals surface area contributed by atoms with Crippen LogP contribution in [0.5, 0.6) is 0 Å². The first-order chi connectivity index (χ1) is 21.4. The van der Waals surface area contributed by atoms with E-state index in [2.05, 4.69) is 16.3 Å². The number of nitrogens with zero attached hydrogens (tertiary/aromatic N) is 3. The lowest BCUT2D eigenvalue weighted by Crippen LogP contribution is -2.55. The summed E-state index contributed by atoms with van der Waals surface area (Å²) < 4.78 is 0. The maximum absolute atomic E-state index is 14.4. The zero-order chi connectivity index (χ0) is 33.0. The number of nitrogens with one attached hydrogen (secondary N) is 1. The minimum atomic E-state index is -0.821. The molecule has 3 aromatic rings. The molecule has 0 heterocycles. The van der Waals surface area contributed by atoms with E-state index in [1.165, 1.54) is 11.0 Å². The molecule has 0 aromatic heterocycles. The van der Waals surface area contributed by atoms with Crippen LogP contribution in [0.1, 0.15) is 37.8 Å². The molecule has 0 unspecified atom stereocenters. The van der Waals surface area contributed by atoms with Crippen LogP contribution in [0.15, 0.2) is 84.9 Å². The van der Waals surface area contributed by atoms with Gasteiger partial charge in [-0.2, -0.15) is 0 Å². The van der Waals surface area contributed by atoms with Crippen LogP contribution in [0.2, 0.25) is 0 Å². The van der Waals surface area contributed by atoms with Crippen LogP contribution in [0.3, 0.4) is 0 Å². The summed E-state index contributed by atoms with van der Waals surface area (Å²) in [7, 11) is 7.37. The van der Waals surface area contributed by atoms with Crippen LogP contribution in [0.25, 0.3) is 10.8 Å².